The van der Waals surface area contributed by atoms with Crippen LogP contribution in [0.4, 0.5) is 11.4 Å². The molecule has 12 aromatic rings. The minimum absolute atomic E-state index is 0.283. The molecule has 0 saturated carbocycles. The number of allylic oxidation sites excluding steroid dienone is 3. The normalized spacial score (nSPS) is 14.0. The predicted molar refractivity (Wildman–Crippen MR) is 274 cm³/mol. The lowest BCUT2D eigenvalue weighted by atomic mass is 9.89. The van der Waals surface area contributed by atoms with Crippen LogP contribution in [0.3, 0.4) is 0 Å². The molecule has 1 unspecified atom stereocenters. The van der Waals surface area contributed by atoms with E-state index in [2.05, 4.69) is 234 Å². The first-order chi connectivity index (χ1) is 32.2. The Hall–Kier alpha value is -8.40. The highest BCUT2D eigenvalue weighted by Crippen LogP contribution is 2.43. The van der Waals surface area contributed by atoms with Gasteiger partial charge in [-0.3, -0.25) is 0 Å². The fourth-order valence-electron chi connectivity index (χ4n) is 10.4. The molecule has 1 aliphatic rings. The van der Waals surface area contributed by atoms with Gasteiger partial charge in [-0.05, 0) is 123 Å². The molecule has 0 saturated heterocycles. The van der Waals surface area contributed by atoms with Crippen LogP contribution in [0.2, 0.25) is 0 Å². The summed E-state index contributed by atoms with van der Waals surface area (Å²) in [6.07, 6.45) is 8.04. The van der Waals surface area contributed by atoms with Crippen LogP contribution in [0.1, 0.15) is 17.9 Å². The summed E-state index contributed by atoms with van der Waals surface area (Å²) in [4.78, 5) is 2.42. The van der Waals surface area contributed by atoms with Gasteiger partial charge in [0.2, 0.25) is 0 Å². The van der Waals surface area contributed by atoms with Crippen LogP contribution in [0.5, 0.6) is 0 Å². The van der Waals surface area contributed by atoms with E-state index in [0.29, 0.717) is 0 Å². The number of hydrogen-bond donors (Lipinski definition) is 0. The molecule has 13 rings (SSSR count). The Morgan fingerprint density at radius 2 is 1.15 bits per heavy atom. The van der Waals surface area contributed by atoms with Crippen molar-refractivity contribution >= 4 is 76.7 Å². The van der Waals surface area contributed by atoms with E-state index < -0.39 is 0 Å². The third-order valence-electron chi connectivity index (χ3n) is 13.5. The van der Waals surface area contributed by atoms with E-state index in [1.54, 1.807) is 0 Å². The quantitative estimate of drug-likeness (QED) is 0.149. The average molecular weight is 831 g/mol. The van der Waals surface area contributed by atoms with E-state index in [1.165, 1.54) is 71.2 Å². The highest BCUT2D eigenvalue weighted by Gasteiger charge is 2.22. The summed E-state index contributed by atoms with van der Waals surface area (Å²) in [7, 11) is 0. The molecule has 2 heterocycles. The number of nitrogens with zero attached hydrogens (tertiary/aromatic N) is 2. The molecule has 0 radical (unpaired) electrons. The molecule has 3 heteroatoms. The molecule has 0 bridgehead atoms. The summed E-state index contributed by atoms with van der Waals surface area (Å²) < 4.78 is 8.65. The Labute approximate surface area is 377 Å². The monoisotopic (exact) mass is 830 g/mol. The maximum atomic E-state index is 6.24. The van der Waals surface area contributed by atoms with Crippen LogP contribution in [0.15, 0.2) is 247 Å². The van der Waals surface area contributed by atoms with Crippen molar-refractivity contribution in [2.45, 2.75) is 12.3 Å². The van der Waals surface area contributed by atoms with Crippen LogP contribution >= 0.6 is 0 Å². The van der Waals surface area contributed by atoms with Gasteiger partial charge >= 0.3 is 0 Å². The molecule has 3 nitrogen and oxygen atoms in total. The zero-order chi connectivity index (χ0) is 42.8. The van der Waals surface area contributed by atoms with Gasteiger partial charge in [0.25, 0.3) is 0 Å². The number of fused-ring (bicyclic) bond motifs is 9. The molecule has 306 valence electrons. The van der Waals surface area contributed by atoms with Gasteiger partial charge in [-0.2, -0.15) is 0 Å². The number of rotatable bonds is 7. The molecule has 0 N–H and O–H groups in total. The first-order valence-electron chi connectivity index (χ1n) is 22.5. The molecule has 10 aromatic carbocycles. The van der Waals surface area contributed by atoms with Gasteiger partial charge < -0.3 is 13.9 Å². The zero-order valence-corrected chi connectivity index (χ0v) is 35.6. The van der Waals surface area contributed by atoms with Crippen molar-refractivity contribution in [1.82, 2.24) is 4.57 Å². The summed E-state index contributed by atoms with van der Waals surface area (Å²) in [5, 5.41) is 9.87. The first-order valence-corrected chi connectivity index (χ1v) is 22.5. The van der Waals surface area contributed by atoms with Crippen molar-refractivity contribution in [2.75, 3.05) is 4.90 Å². The molecular formula is C62H42N2O. The Morgan fingerprint density at radius 3 is 2.03 bits per heavy atom. The van der Waals surface area contributed by atoms with Crippen LogP contribution in [0, 0.1) is 0 Å². The lowest BCUT2D eigenvalue weighted by molar-refractivity contribution is 0.669. The van der Waals surface area contributed by atoms with Gasteiger partial charge in [-0.15, -0.1) is 0 Å². The second kappa shape index (κ2) is 15.1. The summed E-state index contributed by atoms with van der Waals surface area (Å²) in [6.45, 7) is 0. The maximum Gasteiger partial charge on any atom is 0.135 e. The van der Waals surface area contributed by atoms with E-state index in [4.69, 9.17) is 4.42 Å². The van der Waals surface area contributed by atoms with Crippen LogP contribution in [-0.2, 0) is 0 Å². The number of hydrogen-bond acceptors (Lipinski definition) is 2. The largest absolute Gasteiger partial charge is 0.456 e. The smallest absolute Gasteiger partial charge is 0.135 e. The van der Waals surface area contributed by atoms with Crippen molar-refractivity contribution in [1.29, 1.82) is 0 Å². The molecule has 0 spiro atoms. The van der Waals surface area contributed by atoms with Crippen molar-refractivity contribution < 1.29 is 4.42 Å². The van der Waals surface area contributed by atoms with Gasteiger partial charge in [-0.1, -0.05) is 170 Å². The summed E-state index contributed by atoms with van der Waals surface area (Å²) in [6, 6.07) is 79.3. The van der Waals surface area contributed by atoms with Gasteiger partial charge in [0.05, 0.1) is 11.0 Å². The van der Waals surface area contributed by atoms with E-state index in [9.17, 15) is 0 Å². The molecular weight excluding hydrogens is 789 g/mol. The van der Waals surface area contributed by atoms with Crippen molar-refractivity contribution in [3.8, 4) is 27.9 Å². The van der Waals surface area contributed by atoms with E-state index in [-0.39, 0.29) is 5.92 Å². The summed E-state index contributed by atoms with van der Waals surface area (Å²) in [5.74, 6) is 0.283. The standard InChI is InChI=1S/C62H42N2O/c1-2-12-41(13-3-1)42-26-31-48(32-27-42)63(49-33-28-43(29-34-49)45-30-36-53-47(38-45)25-24-44-14-4-5-17-52(44)53)50-16-10-15-46(39-50)54-20-11-22-59-62(54)56-19-6-8-21-58(56)64(59)51-35-37-61-57(40-51)55-18-7-9-23-60(55)65-61/h1-28,30-40,43H,29H2. The van der Waals surface area contributed by atoms with E-state index in [0.717, 1.165) is 51.1 Å². The number of furan rings is 1. The third-order valence-corrected chi connectivity index (χ3v) is 13.5. The van der Waals surface area contributed by atoms with Crippen molar-refractivity contribution in [2.24, 2.45) is 0 Å². The molecule has 0 amide bonds. The number of benzene rings is 10. The number of aromatic nitrogens is 1. The molecule has 0 fully saturated rings. The fourth-order valence-corrected chi connectivity index (χ4v) is 10.4. The topological polar surface area (TPSA) is 21.3 Å². The Bertz CT molecular complexity index is 3870. The Kier molecular flexibility index (Phi) is 8.67. The third kappa shape index (κ3) is 6.27. The average Bonchev–Trinajstić information content (AvgIpc) is 3.92. The predicted octanol–water partition coefficient (Wildman–Crippen LogP) is 17.1. The van der Waals surface area contributed by atoms with Crippen LogP contribution < -0.4 is 4.90 Å². The SMILES string of the molecule is C1=CC(c2ccc3c(ccc4ccccc43)c2)CC=C1N(c1ccc(-c2ccccc2)cc1)c1cccc(-c2cccc3c2c2ccccc2n3-c2ccc3oc4ccccc4c3c2)c1. The first kappa shape index (κ1) is 37.2. The fraction of sp³-hybridized carbons (Fsp3) is 0.0323. The van der Waals surface area contributed by atoms with Gasteiger partial charge in [0.15, 0.2) is 0 Å². The number of para-hydroxylation sites is 2. The van der Waals surface area contributed by atoms with E-state index in [1.807, 2.05) is 12.1 Å². The molecule has 0 aliphatic heterocycles. The second-order valence-corrected chi connectivity index (χ2v) is 17.2. The van der Waals surface area contributed by atoms with E-state index >= 15 is 0 Å². The second-order valence-electron chi connectivity index (χ2n) is 17.2. The minimum Gasteiger partial charge on any atom is -0.456 e. The van der Waals surface area contributed by atoms with Crippen molar-refractivity contribution in [3.05, 3.63) is 248 Å². The number of anilines is 2. The molecule has 1 atom stereocenters. The summed E-state index contributed by atoms with van der Waals surface area (Å²) in [5.41, 5.74) is 14.8. The highest BCUT2D eigenvalue weighted by molar-refractivity contribution is 6.16. The van der Waals surface area contributed by atoms with Gasteiger partial charge in [0.1, 0.15) is 11.2 Å². The van der Waals surface area contributed by atoms with Gasteiger partial charge in [-0.25, -0.2) is 0 Å². The highest BCUT2D eigenvalue weighted by atomic mass is 16.3. The van der Waals surface area contributed by atoms with Gasteiger partial charge in [0, 0.05) is 50.2 Å². The van der Waals surface area contributed by atoms with Crippen molar-refractivity contribution in [3.63, 3.8) is 0 Å². The Balaban J connectivity index is 0.910. The van der Waals surface area contributed by atoms with Crippen LogP contribution in [0.25, 0.3) is 93.2 Å². The lowest BCUT2D eigenvalue weighted by Gasteiger charge is -2.29. The van der Waals surface area contributed by atoms with Crippen LogP contribution in [-0.4, -0.2) is 4.57 Å². The minimum atomic E-state index is 0.283. The summed E-state index contributed by atoms with van der Waals surface area (Å²) >= 11 is 0. The zero-order valence-electron chi connectivity index (χ0n) is 35.6. The molecule has 65 heavy (non-hydrogen) atoms. The lowest BCUT2D eigenvalue weighted by Crippen LogP contribution is -2.17. The maximum absolute atomic E-state index is 6.24. The molecule has 2 aromatic heterocycles. The molecule has 1 aliphatic carbocycles. The Morgan fingerprint density at radius 1 is 0.446 bits per heavy atom.